The highest BCUT2D eigenvalue weighted by atomic mass is 32.1. The molecule has 1 aliphatic rings. The van der Waals surface area contributed by atoms with E-state index < -0.39 is 11.6 Å². The van der Waals surface area contributed by atoms with Crippen molar-refractivity contribution in [3.8, 4) is 0 Å². The van der Waals surface area contributed by atoms with Gasteiger partial charge in [-0.05, 0) is 30.4 Å². The van der Waals surface area contributed by atoms with E-state index in [4.69, 9.17) is 5.11 Å². The van der Waals surface area contributed by atoms with Crippen molar-refractivity contribution in [1.29, 1.82) is 0 Å². The highest BCUT2D eigenvalue weighted by Crippen LogP contribution is 2.45. The lowest BCUT2D eigenvalue weighted by atomic mass is 9.99. The number of hydrogen-bond acceptors (Lipinski definition) is 3. The lowest BCUT2D eigenvalue weighted by Gasteiger charge is -2.20. The van der Waals surface area contributed by atoms with Crippen molar-refractivity contribution in [2.75, 3.05) is 0 Å². The molecule has 3 nitrogen and oxygen atoms in total. The summed E-state index contributed by atoms with van der Waals surface area (Å²) in [5.74, 6) is -0.500. The standard InChI is InChI=1S/C12H16O3S/c1-7(2)9-5-8-3-4-12(15,6-10(13)14)11(8)16-9/h5,7,15H,3-4,6H2,1-2H3,(H,13,14). The number of fused-ring (bicyclic) bond motifs is 1. The monoisotopic (exact) mass is 240 g/mol. The van der Waals surface area contributed by atoms with Gasteiger partial charge in [-0.2, -0.15) is 0 Å². The molecule has 1 aliphatic carbocycles. The molecule has 16 heavy (non-hydrogen) atoms. The first-order valence-corrected chi connectivity index (χ1v) is 6.31. The molecule has 1 heterocycles. The molecule has 1 atom stereocenters. The smallest absolute Gasteiger partial charge is 0.306 e. The van der Waals surface area contributed by atoms with Crippen molar-refractivity contribution in [3.63, 3.8) is 0 Å². The van der Waals surface area contributed by atoms with E-state index in [2.05, 4.69) is 19.9 Å². The van der Waals surface area contributed by atoms with Crippen LogP contribution < -0.4 is 0 Å². The van der Waals surface area contributed by atoms with E-state index in [-0.39, 0.29) is 6.42 Å². The largest absolute Gasteiger partial charge is 0.481 e. The molecule has 0 aromatic carbocycles. The zero-order chi connectivity index (χ0) is 11.9. The third kappa shape index (κ3) is 1.87. The van der Waals surface area contributed by atoms with Crippen LogP contribution in [-0.2, 0) is 16.8 Å². The highest BCUT2D eigenvalue weighted by molar-refractivity contribution is 7.12. The van der Waals surface area contributed by atoms with Crippen LogP contribution in [0.1, 0.15) is 47.9 Å². The predicted molar refractivity (Wildman–Crippen MR) is 62.9 cm³/mol. The van der Waals surface area contributed by atoms with E-state index in [1.54, 1.807) is 11.3 Å². The summed E-state index contributed by atoms with van der Waals surface area (Å²) in [7, 11) is 0. The summed E-state index contributed by atoms with van der Waals surface area (Å²) in [5, 5.41) is 19.2. The minimum absolute atomic E-state index is 0.182. The van der Waals surface area contributed by atoms with E-state index >= 15 is 0 Å². The molecule has 0 saturated carbocycles. The Kier molecular flexibility index (Phi) is 2.80. The Morgan fingerprint density at radius 3 is 2.88 bits per heavy atom. The van der Waals surface area contributed by atoms with Crippen LogP contribution in [0.4, 0.5) is 0 Å². The lowest BCUT2D eigenvalue weighted by Crippen LogP contribution is -2.25. The number of aliphatic hydroxyl groups is 1. The van der Waals surface area contributed by atoms with E-state index in [1.165, 1.54) is 4.88 Å². The summed E-state index contributed by atoms with van der Waals surface area (Å²) < 4.78 is 0. The molecule has 0 radical (unpaired) electrons. The van der Waals surface area contributed by atoms with Gasteiger partial charge in [0, 0.05) is 9.75 Å². The molecule has 2 N–H and O–H groups in total. The molecule has 2 rings (SSSR count). The Hall–Kier alpha value is -0.870. The maximum Gasteiger partial charge on any atom is 0.306 e. The first-order chi connectivity index (χ1) is 7.42. The molecule has 1 aromatic rings. The Morgan fingerprint density at radius 1 is 1.62 bits per heavy atom. The zero-order valence-electron chi connectivity index (χ0n) is 9.49. The van der Waals surface area contributed by atoms with E-state index in [0.717, 1.165) is 16.9 Å². The van der Waals surface area contributed by atoms with E-state index in [1.807, 2.05) is 0 Å². The van der Waals surface area contributed by atoms with E-state index in [0.29, 0.717) is 12.3 Å². The van der Waals surface area contributed by atoms with Crippen molar-refractivity contribution in [1.82, 2.24) is 0 Å². The van der Waals surface area contributed by atoms with Crippen LogP contribution in [0, 0.1) is 0 Å². The van der Waals surface area contributed by atoms with Gasteiger partial charge in [-0.25, -0.2) is 0 Å². The molecule has 88 valence electrons. The van der Waals surface area contributed by atoms with Gasteiger partial charge >= 0.3 is 5.97 Å². The predicted octanol–water partition coefficient (Wildman–Crippen LogP) is 2.48. The number of carbonyl (C=O) groups is 1. The first kappa shape index (κ1) is 11.6. The Balaban J connectivity index is 2.34. The maximum atomic E-state index is 10.8. The van der Waals surface area contributed by atoms with Gasteiger partial charge in [-0.3, -0.25) is 4.79 Å². The van der Waals surface area contributed by atoms with Crippen LogP contribution in [0.5, 0.6) is 0 Å². The van der Waals surface area contributed by atoms with Crippen molar-refractivity contribution >= 4 is 17.3 Å². The number of carboxylic acid groups (broad SMARTS) is 1. The number of carboxylic acids is 1. The number of thiophene rings is 1. The summed E-state index contributed by atoms with van der Waals surface area (Å²) in [5.41, 5.74) is 0.0105. The van der Waals surface area contributed by atoms with Crippen molar-refractivity contribution in [2.24, 2.45) is 0 Å². The quantitative estimate of drug-likeness (QED) is 0.853. The van der Waals surface area contributed by atoms with E-state index in [9.17, 15) is 9.90 Å². The van der Waals surface area contributed by atoms with Gasteiger partial charge in [-0.1, -0.05) is 13.8 Å². The molecule has 0 amide bonds. The van der Waals surface area contributed by atoms with Crippen LogP contribution in [0.2, 0.25) is 0 Å². The Labute approximate surface area is 98.7 Å². The summed E-state index contributed by atoms with van der Waals surface area (Å²) in [4.78, 5) is 12.9. The first-order valence-electron chi connectivity index (χ1n) is 5.49. The SMILES string of the molecule is CC(C)c1cc2c(s1)C(O)(CC(=O)O)CC2. The number of hydrogen-bond donors (Lipinski definition) is 2. The molecule has 0 aliphatic heterocycles. The molecule has 1 aromatic heterocycles. The van der Waals surface area contributed by atoms with Crippen molar-refractivity contribution in [3.05, 3.63) is 21.4 Å². The molecule has 4 heteroatoms. The molecular formula is C12H16O3S. The second-order valence-corrected chi connectivity index (χ2v) is 5.84. The zero-order valence-corrected chi connectivity index (χ0v) is 10.3. The molecule has 0 fully saturated rings. The fourth-order valence-electron chi connectivity index (χ4n) is 2.19. The van der Waals surface area contributed by atoms with Crippen LogP contribution in [0.15, 0.2) is 6.07 Å². The number of aliphatic carboxylic acids is 1. The summed E-state index contributed by atoms with van der Waals surface area (Å²) in [6, 6.07) is 2.12. The van der Waals surface area contributed by atoms with Crippen molar-refractivity contribution in [2.45, 2.75) is 44.6 Å². The molecule has 0 spiro atoms. The summed E-state index contributed by atoms with van der Waals surface area (Å²) >= 11 is 1.57. The fraction of sp³-hybridized carbons (Fsp3) is 0.583. The van der Waals surface area contributed by atoms with Crippen LogP contribution in [0.3, 0.4) is 0 Å². The Morgan fingerprint density at radius 2 is 2.31 bits per heavy atom. The Bertz CT molecular complexity index is 422. The minimum atomic E-state index is -1.13. The number of rotatable bonds is 3. The maximum absolute atomic E-state index is 10.8. The molecule has 0 saturated heterocycles. The number of aryl methyl sites for hydroxylation is 1. The molecule has 1 unspecified atom stereocenters. The van der Waals surface area contributed by atoms with Gasteiger partial charge in [-0.15, -0.1) is 11.3 Å². The third-order valence-corrected chi connectivity index (χ3v) is 4.74. The van der Waals surface area contributed by atoms with Crippen LogP contribution >= 0.6 is 11.3 Å². The van der Waals surface area contributed by atoms with Crippen LogP contribution in [-0.4, -0.2) is 16.2 Å². The highest BCUT2D eigenvalue weighted by Gasteiger charge is 2.40. The second kappa shape index (κ2) is 3.86. The molecule has 0 bridgehead atoms. The van der Waals surface area contributed by atoms with Gasteiger partial charge in [0.25, 0.3) is 0 Å². The van der Waals surface area contributed by atoms with Gasteiger partial charge in [0.05, 0.1) is 6.42 Å². The molecular weight excluding hydrogens is 224 g/mol. The van der Waals surface area contributed by atoms with Gasteiger partial charge < -0.3 is 10.2 Å². The summed E-state index contributed by atoms with van der Waals surface area (Å²) in [6.45, 7) is 4.22. The lowest BCUT2D eigenvalue weighted by molar-refractivity contribution is -0.142. The average Bonchev–Trinajstić information content (AvgIpc) is 2.67. The third-order valence-electron chi connectivity index (χ3n) is 3.07. The topological polar surface area (TPSA) is 57.5 Å². The minimum Gasteiger partial charge on any atom is -0.481 e. The normalized spacial score (nSPS) is 23.8. The average molecular weight is 240 g/mol. The fourth-order valence-corrected chi connectivity index (χ4v) is 3.52. The summed E-state index contributed by atoms with van der Waals surface area (Å²) in [6.07, 6.45) is 1.15. The van der Waals surface area contributed by atoms with Gasteiger partial charge in [0.15, 0.2) is 0 Å². The van der Waals surface area contributed by atoms with Gasteiger partial charge in [0.2, 0.25) is 0 Å². The van der Waals surface area contributed by atoms with Crippen LogP contribution in [0.25, 0.3) is 0 Å². The van der Waals surface area contributed by atoms with Gasteiger partial charge in [0.1, 0.15) is 5.60 Å². The second-order valence-electron chi connectivity index (χ2n) is 4.76. The van der Waals surface area contributed by atoms with Crippen molar-refractivity contribution < 1.29 is 15.0 Å².